The van der Waals surface area contributed by atoms with Crippen molar-refractivity contribution >= 4 is 15.7 Å². The van der Waals surface area contributed by atoms with Gasteiger partial charge >= 0.3 is 0 Å². The zero-order valence-corrected chi connectivity index (χ0v) is 11.8. The van der Waals surface area contributed by atoms with Gasteiger partial charge in [0.1, 0.15) is 0 Å². The van der Waals surface area contributed by atoms with Gasteiger partial charge in [0.25, 0.3) is 0 Å². The Kier molecular flexibility index (Phi) is 3.96. The van der Waals surface area contributed by atoms with Crippen LogP contribution in [0.1, 0.15) is 26.2 Å². The van der Waals surface area contributed by atoms with Crippen LogP contribution in [0.3, 0.4) is 0 Å². The molecule has 0 spiro atoms. The summed E-state index contributed by atoms with van der Waals surface area (Å²) in [5, 5.41) is 3.30. The van der Waals surface area contributed by atoms with Gasteiger partial charge in [-0.05, 0) is 25.8 Å². The third-order valence-corrected chi connectivity index (χ3v) is 5.84. The summed E-state index contributed by atoms with van der Waals surface area (Å²) < 4.78 is 22.8. The maximum Gasteiger partial charge on any atom is 0.230 e. The standard InChI is InChI=1S/C12H22N2O3S/c1-2-12(4-3-5-13-10-12)11(15)14-6-8-18(16,17)9-7-14/h13H,2-10H2,1H3. The number of carbonyl (C=O) groups is 1. The number of sulfone groups is 1. The van der Waals surface area contributed by atoms with Gasteiger partial charge in [-0.15, -0.1) is 0 Å². The molecule has 1 N–H and O–H groups in total. The van der Waals surface area contributed by atoms with Crippen LogP contribution < -0.4 is 5.32 Å². The molecule has 0 aromatic heterocycles. The highest BCUT2D eigenvalue weighted by atomic mass is 32.2. The predicted molar refractivity (Wildman–Crippen MR) is 70.1 cm³/mol. The van der Waals surface area contributed by atoms with Crippen LogP contribution >= 0.6 is 0 Å². The third kappa shape index (κ3) is 2.69. The van der Waals surface area contributed by atoms with Crippen LogP contribution in [0.5, 0.6) is 0 Å². The zero-order valence-electron chi connectivity index (χ0n) is 10.9. The third-order valence-electron chi connectivity index (χ3n) is 4.23. The minimum Gasteiger partial charge on any atom is -0.340 e. The second-order valence-corrected chi connectivity index (χ2v) is 7.66. The molecule has 1 atom stereocenters. The van der Waals surface area contributed by atoms with Crippen LogP contribution in [0, 0.1) is 5.41 Å². The summed E-state index contributed by atoms with van der Waals surface area (Å²) in [6.07, 6.45) is 2.76. The molecule has 104 valence electrons. The number of carbonyl (C=O) groups excluding carboxylic acids is 1. The van der Waals surface area contributed by atoms with E-state index >= 15 is 0 Å². The first-order valence-electron chi connectivity index (χ1n) is 6.70. The molecule has 0 saturated carbocycles. The maximum atomic E-state index is 12.6. The quantitative estimate of drug-likeness (QED) is 0.771. The highest BCUT2D eigenvalue weighted by Crippen LogP contribution is 2.32. The molecular formula is C12H22N2O3S. The lowest BCUT2D eigenvalue weighted by molar-refractivity contribution is -0.143. The van der Waals surface area contributed by atoms with E-state index in [1.165, 1.54) is 0 Å². The number of rotatable bonds is 2. The van der Waals surface area contributed by atoms with Gasteiger partial charge in [-0.3, -0.25) is 4.79 Å². The lowest BCUT2D eigenvalue weighted by Gasteiger charge is -2.40. The van der Waals surface area contributed by atoms with Crippen LogP contribution in [0.15, 0.2) is 0 Å². The molecule has 1 unspecified atom stereocenters. The topological polar surface area (TPSA) is 66.5 Å². The Morgan fingerprint density at radius 1 is 1.33 bits per heavy atom. The molecule has 5 nitrogen and oxygen atoms in total. The summed E-state index contributed by atoms with van der Waals surface area (Å²) in [5.74, 6) is 0.380. The average molecular weight is 274 g/mol. The van der Waals surface area contributed by atoms with Gasteiger partial charge in [-0.25, -0.2) is 8.42 Å². The first kappa shape index (κ1) is 13.8. The fourth-order valence-corrected chi connectivity index (χ4v) is 4.06. The smallest absolute Gasteiger partial charge is 0.230 e. The van der Waals surface area contributed by atoms with Gasteiger partial charge in [-0.1, -0.05) is 6.92 Å². The van der Waals surface area contributed by atoms with Crippen LogP contribution in [0.25, 0.3) is 0 Å². The highest BCUT2D eigenvalue weighted by Gasteiger charge is 2.41. The molecule has 6 heteroatoms. The van der Waals surface area contributed by atoms with E-state index in [2.05, 4.69) is 5.32 Å². The molecular weight excluding hydrogens is 252 g/mol. The molecule has 0 aromatic rings. The lowest BCUT2D eigenvalue weighted by Crippen LogP contribution is -2.54. The Morgan fingerprint density at radius 3 is 2.50 bits per heavy atom. The predicted octanol–water partition coefficient (Wildman–Crippen LogP) is 0.0232. The number of piperidine rings is 1. The first-order valence-corrected chi connectivity index (χ1v) is 8.52. The van der Waals surface area contributed by atoms with E-state index in [1.807, 2.05) is 6.92 Å². The van der Waals surface area contributed by atoms with Crippen LogP contribution in [-0.2, 0) is 14.6 Å². The van der Waals surface area contributed by atoms with E-state index in [1.54, 1.807) is 4.90 Å². The molecule has 0 bridgehead atoms. The molecule has 1 amide bonds. The molecule has 2 aliphatic heterocycles. The monoisotopic (exact) mass is 274 g/mol. The van der Waals surface area contributed by atoms with Crippen LogP contribution in [0.2, 0.25) is 0 Å². The van der Waals surface area contributed by atoms with Gasteiger partial charge in [-0.2, -0.15) is 0 Å². The Hall–Kier alpha value is -0.620. The van der Waals surface area contributed by atoms with E-state index < -0.39 is 9.84 Å². The van der Waals surface area contributed by atoms with E-state index in [4.69, 9.17) is 0 Å². The Morgan fingerprint density at radius 2 is 2.00 bits per heavy atom. The minimum absolute atomic E-state index is 0.117. The molecule has 2 heterocycles. The lowest BCUT2D eigenvalue weighted by atomic mass is 9.77. The zero-order chi connectivity index (χ0) is 13.2. The van der Waals surface area contributed by atoms with Crippen molar-refractivity contribution in [3.05, 3.63) is 0 Å². The molecule has 0 radical (unpaired) electrons. The minimum atomic E-state index is -2.92. The van der Waals surface area contributed by atoms with E-state index in [-0.39, 0.29) is 22.8 Å². The fraction of sp³-hybridized carbons (Fsp3) is 0.917. The number of amides is 1. The molecule has 2 aliphatic rings. The van der Waals surface area contributed by atoms with E-state index in [9.17, 15) is 13.2 Å². The SMILES string of the molecule is CCC1(C(=O)N2CCS(=O)(=O)CC2)CCCNC1. The number of nitrogens with one attached hydrogen (secondary N) is 1. The number of nitrogens with zero attached hydrogens (tertiary/aromatic N) is 1. The van der Waals surface area contributed by atoms with Crippen molar-refractivity contribution < 1.29 is 13.2 Å². The molecule has 2 saturated heterocycles. The summed E-state index contributed by atoms with van der Waals surface area (Å²) in [5.41, 5.74) is -0.306. The van der Waals surface area contributed by atoms with E-state index in [0.29, 0.717) is 13.1 Å². The Balaban J connectivity index is 2.06. The molecule has 18 heavy (non-hydrogen) atoms. The summed E-state index contributed by atoms with van der Waals surface area (Å²) in [6, 6.07) is 0. The van der Waals surface area contributed by atoms with Crippen molar-refractivity contribution in [3.8, 4) is 0 Å². The normalized spacial score (nSPS) is 32.2. The average Bonchev–Trinajstić information content (AvgIpc) is 2.39. The Bertz CT molecular complexity index is 399. The summed E-state index contributed by atoms with van der Waals surface area (Å²) in [6.45, 7) is 4.48. The molecule has 2 fully saturated rings. The molecule has 2 rings (SSSR count). The Labute approximate surface area is 109 Å². The van der Waals surface area contributed by atoms with Crippen LogP contribution in [0.4, 0.5) is 0 Å². The number of hydrogen-bond acceptors (Lipinski definition) is 4. The summed E-state index contributed by atoms with van der Waals surface area (Å²) in [4.78, 5) is 14.4. The van der Waals surface area contributed by atoms with Crippen molar-refractivity contribution in [2.24, 2.45) is 5.41 Å². The van der Waals surface area contributed by atoms with Gasteiger partial charge in [0.05, 0.1) is 16.9 Å². The van der Waals surface area contributed by atoms with Crippen LogP contribution in [-0.4, -0.2) is 56.9 Å². The summed E-state index contributed by atoms with van der Waals surface area (Å²) >= 11 is 0. The van der Waals surface area contributed by atoms with Crippen molar-refractivity contribution in [3.63, 3.8) is 0 Å². The number of hydrogen-bond donors (Lipinski definition) is 1. The van der Waals surface area contributed by atoms with Crippen molar-refractivity contribution in [1.82, 2.24) is 10.2 Å². The maximum absolute atomic E-state index is 12.6. The van der Waals surface area contributed by atoms with Gasteiger partial charge in [0.15, 0.2) is 9.84 Å². The highest BCUT2D eigenvalue weighted by molar-refractivity contribution is 7.91. The second kappa shape index (κ2) is 5.17. The van der Waals surface area contributed by atoms with Crippen molar-refractivity contribution in [2.45, 2.75) is 26.2 Å². The van der Waals surface area contributed by atoms with Crippen molar-refractivity contribution in [2.75, 3.05) is 37.7 Å². The molecule has 0 aromatic carbocycles. The molecule has 0 aliphatic carbocycles. The second-order valence-electron chi connectivity index (χ2n) is 5.36. The van der Waals surface area contributed by atoms with Gasteiger partial charge in [0, 0.05) is 19.6 Å². The summed E-state index contributed by atoms with van der Waals surface area (Å²) in [7, 11) is -2.92. The largest absolute Gasteiger partial charge is 0.340 e. The first-order chi connectivity index (χ1) is 8.49. The van der Waals surface area contributed by atoms with Gasteiger partial charge < -0.3 is 10.2 Å². The van der Waals surface area contributed by atoms with Gasteiger partial charge in [0.2, 0.25) is 5.91 Å². The van der Waals surface area contributed by atoms with Crippen molar-refractivity contribution in [1.29, 1.82) is 0 Å². The fourth-order valence-electron chi connectivity index (χ4n) is 2.85. The van der Waals surface area contributed by atoms with E-state index in [0.717, 1.165) is 32.4 Å².